The SMILES string of the molecule is c1ccc(-c2ccc(-c3nc(-c4ccccc4)nc(-c4ccc(-c5c(-c6ccccc6)n6nc(-c7ccccc7)c(-c7ccccc7)c6c6ccccc56)cc4)n3)cc2)cc1. The normalized spacial score (nSPS) is 11.3. The second-order valence-corrected chi connectivity index (χ2v) is 15.0. The van der Waals surface area contributed by atoms with E-state index in [1.807, 2.05) is 36.4 Å². The minimum atomic E-state index is 0.609. The van der Waals surface area contributed by atoms with Crippen LogP contribution in [0.3, 0.4) is 0 Å². The van der Waals surface area contributed by atoms with Crippen LogP contribution in [0.5, 0.6) is 0 Å². The summed E-state index contributed by atoms with van der Waals surface area (Å²) in [6.45, 7) is 0. The Labute approximate surface area is 354 Å². The molecule has 0 aliphatic rings. The van der Waals surface area contributed by atoms with Gasteiger partial charge in [-0.25, -0.2) is 19.5 Å². The summed E-state index contributed by atoms with van der Waals surface area (Å²) in [6.07, 6.45) is 0. The third kappa shape index (κ3) is 6.64. The third-order valence-corrected chi connectivity index (χ3v) is 11.3. The maximum atomic E-state index is 5.53. The molecule has 0 atom stereocenters. The van der Waals surface area contributed by atoms with Gasteiger partial charge in [-0.2, -0.15) is 5.10 Å². The molecule has 0 saturated carbocycles. The second-order valence-electron chi connectivity index (χ2n) is 15.0. The second kappa shape index (κ2) is 15.5. The summed E-state index contributed by atoms with van der Waals surface area (Å²) < 4.78 is 2.18. The van der Waals surface area contributed by atoms with E-state index in [-0.39, 0.29) is 0 Å². The van der Waals surface area contributed by atoms with Crippen LogP contribution >= 0.6 is 0 Å². The Balaban J connectivity index is 1.10. The summed E-state index contributed by atoms with van der Waals surface area (Å²) in [6, 6.07) is 78.1. The number of pyridine rings is 1. The predicted octanol–water partition coefficient (Wildman–Crippen LogP) is 14.0. The van der Waals surface area contributed by atoms with Crippen molar-refractivity contribution in [3.05, 3.63) is 224 Å². The predicted molar refractivity (Wildman–Crippen MR) is 250 cm³/mol. The fourth-order valence-electron chi connectivity index (χ4n) is 8.38. The van der Waals surface area contributed by atoms with Gasteiger partial charge in [0, 0.05) is 44.3 Å². The highest BCUT2D eigenvalue weighted by molar-refractivity contribution is 6.14. The van der Waals surface area contributed by atoms with E-state index < -0.39 is 0 Å². The molecule has 0 fully saturated rings. The van der Waals surface area contributed by atoms with Gasteiger partial charge in [-0.05, 0) is 27.6 Å². The molecular weight excluding hydrogens is 743 g/mol. The lowest BCUT2D eigenvalue weighted by Crippen LogP contribution is -2.01. The van der Waals surface area contributed by atoms with Crippen molar-refractivity contribution in [2.45, 2.75) is 0 Å². The van der Waals surface area contributed by atoms with E-state index in [0.29, 0.717) is 17.5 Å². The van der Waals surface area contributed by atoms with E-state index in [1.54, 1.807) is 0 Å². The Morgan fingerprint density at radius 1 is 0.262 bits per heavy atom. The Morgan fingerprint density at radius 2 is 0.607 bits per heavy atom. The van der Waals surface area contributed by atoms with Crippen molar-refractivity contribution in [3.8, 4) is 90.1 Å². The highest BCUT2D eigenvalue weighted by atomic mass is 15.2. The highest BCUT2D eigenvalue weighted by Gasteiger charge is 2.25. The van der Waals surface area contributed by atoms with Crippen LogP contribution in [0.15, 0.2) is 224 Å². The molecule has 5 nitrogen and oxygen atoms in total. The van der Waals surface area contributed by atoms with Crippen molar-refractivity contribution in [1.29, 1.82) is 0 Å². The lowest BCUT2D eigenvalue weighted by Gasteiger charge is -2.18. The molecule has 0 saturated heterocycles. The number of hydrogen-bond acceptors (Lipinski definition) is 4. The lowest BCUT2D eigenvalue weighted by molar-refractivity contribution is 0.981. The molecule has 0 amide bonds. The van der Waals surface area contributed by atoms with E-state index in [2.05, 4.69) is 193 Å². The first-order valence-corrected chi connectivity index (χ1v) is 20.5. The van der Waals surface area contributed by atoms with Crippen LogP contribution in [-0.2, 0) is 0 Å². The Morgan fingerprint density at radius 3 is 1.13 bits per heavy atom. The van der Waals surface area contributed by atoms with Crippen LogP contribution in [-0.4, -0.2) is 24.6 Å². The van der Waals surface area contributed by atoms with Gasteiger partial charge in [0.2, 0.25) is 0 Å². The van der Waals surface area contributed by atoms with E-state index in [0.717, 1.165) is 83.3 Å². The lowest BCUT2D eigenvalue weighted by atomic mass is 9.91. The number of fused-ring (bicyclic) bond motifs is 3. The van der Waals surface area contributed by atoms with Gasteiger partial charge in [-0.1, -0.05) is 224 Å². The first-order valence-electron chi connectivity index (χ1n) is 20.5. The Hall–Kier alpha value is -8.28. The summed E-state index contributed by atoms with van der Waals surface area (Å²) in [5.41, 5.74) is 14.6. The first-order chi connectivity index (χ1) is 30.3. The molecule has 0 aliphatic carbocycles. The van der Waals surface area contributed by atoms with E-state index >= 15 is 0 Å². The quantitative estimate of drug-likeness (QED) is 0.154. The largest absolute Gasteiger partial charge is 0.231 e. The number of nitrogens with zero attached hydrogens (tertiary/aromatic N) is 5. The van der Waals surface area contributed by atoms with Gasteiger partial charge in [0.1, 0.15) is 5.69 Å². The average Bonchev–Trinajstić information content (AvgIpc) is 3.76. The zero-order chi connectivity index (χ0) is 40.5. The van der Waals surface area contributed by atoms with Crippen LogP contribution in [0.25, 0.3) is 106 Å². The molecule has 0 unspecified atom stereocenters. The van der Waals surface area contributed by atoms with Crippen molar-refractivity contribution in [3.63, 3.8) is 0 Å². The fraction of sp³-hybridized carbons (Fsp3) is 0. The fourth-order valence-corrected chi connectivity index (χ4v) is 8.38. The van der Waals surface area contributed by atoms with Gasteiger partial charge in [0.05, 0.1) is 11.2 Å². The molecule has 61 heavy (non-hydrogen) atoms. The number of benzene rings is 8. The molecule has 0 bridgehead atoms. The van der Waals surface area contributed by atoms with Crippen LogP contribution in [0, 0.1) is 0 Å². The maximum Gasteiger partial charge on any atom is 0.164 e. The average molecular weight is 780 g/mol. The van der Waals surface area contributed by atoms with Crippen molar-refractivity contribution < 1.29 is 0 Å². The van der Waals surface area contributed by atoms with Gasteiger partial charge < -0.3 is 0 Å². The topological polar surface area (TPSA) is 56.0 Å². The zero-order valence-electron chi connectivity index (χ0n) is 33.1. The van der Waals surface area contributed by atoms with Crippen LogP contribution in [0.1, 0.15) is 0 Å². The van der Waals surface area contributed by atoms with Gasteiger partial charge in [-0.3, -0.25) is 0 Å². The summed E-state index contributed by atoms with van der Waals surface area (Å²) >= 11 is 0. The molecule has 3 heterocycles. The molecule has 0 radical (unpaired) electrons. The van der Waals surface area contributed by atoms with Crippen molar-refractivity contribution in [1.82, 2.24) is 24.6 Å². The van der Waals surface area contributed by atoms with Gasteiger partial charge in [0.15, 0.2) is 17.5 Å². The van der Waals surface area contributed by atoms with E-state index in [9.17, 15) is 0 Å². The summed E-state index contributed by atoms with van der Waals surface area (Å²) in [4.78, 5) is 15.1. The molecule has 0 N–H and O–H groups in total. The molecule has 11 aromatic rings. The smallest absolute Gasteiger partial charge is 0.164 e. The third-order valence-electron chi connectivity index (χ3n) is 11.3. The highest BCUT2D eigenvalue weighted by Crippen LogP contribution is 2.46. The Bertz CT molecular complexity index is 3290. The van der Waals surface area contributed by atoms with Crippen molar-refractivity contribution >= 4 is 16.3 Å². The monoisotopic (exact) mass is 779 g/mol. The summed E-state index contributed by atoms with van der Waals surface area (Å²) in [5.74, 6) is 1.86. The number of rotatable bonds is 8. The molecule has 0 spiro atoms. The zero-order valence-corrected chi connectivity index (χ0v) is 33.1. The minimum absolute atomic E-state index is 0.609. The minimum Gasteiger partial charge on any atom is -0.231 e. The van der Waals surface area contributed by atoms with Crippen LogP contribution in [0.4, 0.5) is 0 Å². The molecule has 5 heteroatoms. The maximum absolute atomic E-state index is 5.53. The van der Waals surface area contributed by atoms with E-state index in [4.69, 9.17) is 20.1 Å². The van der Waals surface area contributed by atoms with Gasteiger partial charge in [0.25, 0.3) is 0 Å². The Kier molecular flexibility index (Phi) is 9.10. The molecule has 11 rings (SSSR count). The molecule has 286 valence electrons. The first kappa shape index (κ1) is 35.8. The van der Waals surface area contributed by atoms with Crippen LogP contribution in [0.2, 0.25) is 0 Å². The van der Waals surface area contributed by atoms with Gasteiger partial charge >= 0.3 is 0 Å². The van der Waals surface area contributed by atoms with Crippen molar-refractivity contribution in [2.24, 2.45) is 0 Å². The molecule has 3 aromatic heterocycles. The van der Waals surface area contributed by atoms with E-state index in [1.165, 1.54) is 5.56 Å². The van der Waals surface area contributed by atoms with Crippen LogP contribution < -0.4 is 0 Å². The number of hydrogen-bond donors (Lipinski definition) is 0. The molecule has 8 aromatic carbocycles. The molecule has 0 aliphatic heterocycles. The van der Waals surface area contributed by atoms with Crippen molar-refractivity contribution in [2.75, 3.05) is 0 Å². The summed E-state index contributed by atoms with van der Waals surface area (Å²) in [7, 11) is 0. The summed E-state index contributed by atoms with van der Waals surface area (Å²) in [5, 5.41) is 7.80. The van der Waals surface area contributed by atoms with Gasteiger partial charge in [-0.15, -0.1) is 0 Å². The number of aromatic nitrogens is 5. The molecular formula is C56H37N5. The standard InChI is InChI=1S/C56H37N5/c1-6-18-38(19-7-1)39-30-34-45(35-31-39)55-57-54(44-26-14-5-15-27-44)58-56(59-55)46-36-32-41(33-37-46)49-47-28-16-17-29-48(47)53-50(40-20-8-2-9-21-40)51(42-22-10-3-11-23-42)60-61(53)52(49)43-24-12-4-13-25-43/h1-37H.